The minimum Gasteiger partial charge on any atom is -0.491 e. The summed E-state index contributed by atoms with van der Waals surface area (Å²) in [7, 11) is 0. The quantitative estimate of drug-likeness (QED) is 0.814. The molecular weight excluding hydrogens is 265 g/mol. The molecule has 108 valence electrons. The van der Waals surface area contributed by atoms with Gasteiger partial charge in [0.2, 0.25) is 0 Å². The minimum absolute atomic E-state index is 0.00734. The highest BCUT2D eigenvalue weighted by Crippen LogP contribution is 2.26. The van der Waals surface area contributed by atoms with Crippen LogP contribution in [0.1, 0.15) is 27.7 Å². The van der Waals surface area contributed by atoms with E-state index in [9.17, 15) is 4.39 Å². The molecule has 1 rings (SSSR count). The molecule has 0 saturated carbocycles. The van der Waals surface area contributed by atoms with Crippen LogP contribution < -0.4 is 10.1 Å². The zero-order chi connectivity index (χ0) is 14.5. The molecule has 0 fully saturated rings. The van der Waals surface area contributed by atoms with Crippen LogP contribution in [-0.2, 0) is 0 Å². The first kappa shape index (κ1) is 16.3. The largest absolute Gasteiger partial charge is 0.491 e. The van der Waals surface area contributed by atoms with Crippen LogP contribution in [0, 0.1) is 17.2 Å². The number of ether oxygens (including phenoxy) is 1. The second-order valence-electron chi connectivity index (χ2n) is 6.05. The Morgan fingerprint density at radius 1 is 1.37 bits per heavy atom. The Bertz CT molecular complexity index is 407. The van der Waals surface area contributed by atoms with Gasteiger partial charge in [0.1, 0.15) is 11.6 Å². The first-order valence-electron chi connectivity index (χ1n) is 6.59. The van der Waals surface area contributed by atoms with Crippen LogP contribution in [0.5, 0.6) is 5.75 Å². The normalized spacial score (nSPS) is 11.9. The zero-order valence-electron chi connectivity index (χ0n) is 12.1. The van der Waals surface area contributed by atoms with Crippen molar-refractivity contribution in [1.29, 1.82) is 0 Å². The Kier molecular flexibility index (Phi) is 6.08. The fraction of sp³-hybridized carbons (Fsp3) is 0.600. The van der Waals surface area contributed by atoms with Crippen molar-refractivity contribution in [1.82, 2.24) is 5.32 Å². The third kappa shape index (κ3) is 6.26. The van der Waals surface area contributed by atoms with Crippen molar-refractivity contribution < 1.29 is 9.13 Å². The highest BCUT2D eigenvalue weighted by molar-refractivity contribution is 6.32. The molecule has 0 aromatic heterocycles. The van der Waals surface area contributed by atoms with Gasteiger partial charge in [-0.15, -0.1) is 0 Å². The maximum Gasteiger partial charge on any atom is 0.138 e. The molecule has 0 aliphatic heterocycles. The SMILES string of the molecule is CC(C)CNCC(C)(C)COc1ccc(F)cc1Cl. The molecule has 0 aliphatic rings. The first-order valence-corrected chi connectivity index (χ1v) is 6.96. The first-order chi connectivity index (χ1) is 8.80. The summed E-state index contributed by atoms with van der Waals surface area (Å²) in [5.41, 5.74) is -0.00734. The van der Waals surface area contributed by atoms with Gasteiger partial charge < -0.3 is 10.1 Å². The van der Waals surface area contributed by atoms with Crippen molar-refractivity contribution in [2.45, 2.75) is 27.7 Å². The molecule has 19 heavy (non-hydrogen) atoms. The molecule has 0 heterocycles. The molecule has 4 heteroatoms. The lowest BCUT2D eigenvalue weighted by atomic mass is 9.94. The summed E-state index contributed by atoms with van der Waals surface area (Å²) in [4.78, 5) is 0. The molecule has 0 aliphatic carbocycles. The van der Waals surface area contributed by atoms with Crippen molar-refractivity contribution >= 4 is 11.6 Å². The lowest BCUT2D eigenvalue weighted by molar-refractivity contribution is 0.175. The van der Waals surface area contributed by atoms with Crippen molar-refractivity contribution in [3.8, 4) is 5.75 Å². The van der Waals surface area contributed by atoms with E-state index < -0.39 is 0 Å². The number of nitrogens with one attached hydrogen (secondary N) is 1. The van der Waals surface area contributed by atoms with E-state index in [4.69, 9.17) is 16.3 Å². The van der Waals surface area contributed by atoms with E-state index in [0.29, 0.717) is 23.3 Å². The smallest absolute Gasteiger partial charge is 0.138 e. The standard InChI is InChI=1S/C15H23ClFNO/c1-11(2)8-18-9-15(3,4)10-19-14-6-5-12(17)7-13(14)16/h5-7,11,18H,8-10H2,1-4H3. The van der Waals surface area contributed by atoms with Crippen LogP contribution in [-0.4, -0.2) is 19.7 Å². The summed E-state index contributed by atoms with van der Waals surface area (Å²) in [5, 5.41) is 3.72. The van der Waals surface area contributed by atoms with Gasteiger partial charge in [-0.2, -0.15) is 0 Å². The van der Waals surface area contributed by atoms with Crippen LogP contribution >= 0.6 is 11.6 Å². The molecule has 0 radical (unpaired) electrons. The van der Waals surface area contributed by atoms with E-state index in [-0.39, 0.29) is 11.2 Å². The van der Waals surface area contributed by atoms with E-state index in [1.165, 1.54) is 12.1 Å². The summed E-state index contributed by atoms with van der Waals surface area (Å²) in [6, 6.07) is 4.18. The summed E-state index contributed by atoms with van der Waals surface area (Å²) in [6.45, 7) is 11.0. The number of rotatable bonds is 7. The van der Waals surface area contributed by atoms with E-state index in [1.54, 1.807) is 6.07 Å². The average molecular weight is 288 g/mol. The summed E-state index contributed by atoms with van der Waals surface area (Å²) < 4.78 is 18.6. The lowest BCUT2D eigenvalue weighted by Gasteiger charge is -2.26. The van der Waals surface area contributed by atoms with Gasteiger partial charge in [0.15, 0.2) is 0 Å². The molecule has 1 aromatic rings. The fourth-order valence-electron chi connectivity index (χ4n) is 1.62. The molecule has 0 spiro atoms. The second-order valence-corrected chi connectivity index (χ2v) is 6.46. The summed E-state index contributed by atoms with van der Waals surface area (Å²) in [5.74, 6) is 0.804. The Balaban J connectivity index is 2.45. The Labute approximate surface area is 120 Å². The van der Waals surface area contributed by atoms with Crippen LogP contribution in [0.4, 0.5) is 4.39 Å². The molecule has 0 bridgehead atoms. The maximum atomic E-state index is 12.9. The fourth-order valence-corrected chi connectivity index (χ4v) is 1.84. The monoisotopic (exact) mass is 287 g/mol. The molecule has 0 unspecified atom stereocenters. The van der Waals surface area contributed by atoms with Crippen LogP contribution in [0.3, 0.4) is 0 Å². The van der Waals surface area contributed by atoms with Crippen molar-refractivity contribution in [2.24, 2.45) is 11.3 Å². The Hall–Kier alpha value is -0.800. The Morgan fingerprint density at radius 2 is 2.05 bits per heavy atom. The maximum absolute atomic E-state index is 12.9. The summed E-state index contributed by atoms with van der Waals surface area (Å²) >= 11 is 5.92. The number of benzene rings is 1. The van der Waals surface area contributed by atoms with Gasteiger partial charge in [0.25, 0.3) is 0 Å². The van der Waals surface area contributed by atoms with Gasteiger partial charge in [-0.1, -0.05) is 39.3 Å². The van der Waals surface area contributed by atoms with Crippen molar-refractivity contribution in [2.75, 3.05) is 19.7 Å². The topological polar surface area (TPSA) is 21.3 Å². The predicted molar refractivity (Wildman–Crippen MR) is 78.4 cm³/mol. The third-order valence-electron chi connectivity index (χ3n) is 2.67. The molecule has 1 N–H and O–H groups in total. The van der Waals surface area contributed by atoms with E-state index >= 15 is 0 Å². The molecule has 0 saturated heterocycles. The zero-order valence-corrected chi connectivity index (χ0v) is 12.9. The molecule has 1 aromatic carbocycles. The molecule has 0 atom stereocenters. The second kappa shape index (κ2) is 7.11. The highest BCUT2D eigenvalue weighted by atomic mass is 35.5. The Morgan fingerprint density at radius 3 is 2.63 bits per heavy atom. The van der Waals surface area contributed by atoms with Gasteiger partial charge in [0.05, 0.1) is 11.6 Å². The molecular formula is C15H23ClFNO. The lowest BCUT2D eigenvalue weighted by Crippen LogP contribution is -2.35. The van der Waals surface area contributed by atoms with Gasteiger partial charge in [-0.05, 0) is 30.7 Å². The van der Waals surface area contributed by atoms with Crippen LogP contribution in [0.25, 0.3) is 0 Å². The molecule has 0 amide bonds. The van der Waals surface area contributed by atoms with Gasteiger partial charge >= 0.3 is 0 Å². The third-order valence-corrected chi connectivity index (χ3v) is 2.96. The van der Waals surface area contributed by atoms with Crippen LogP contribution in [0.15, 0.2) is 18.2 Å². The van der Waals surface area contributed by atoms with Crippen LogP contribution in [0.2, 0.25) is 5.02 Å². The average Bonchev–Trinajstić information content (AvgIpc) is 2.27. The van der Waals surface area contributed by atoms with Gasteiger partial charge in [-0.3, -0.25) is 0 Å². The molecule has 2 nitrogen and oxygen atoms in total. The number of hydrogen-bond acceptors (Lipinski definition) is 2. The van der Waals surface area contributed by atoms with Crippen molar-refractivity contribution in [3.05, 3.63) is 29.0 Å². The van der Waals surface area contributed by atoms with Gasteiger partial charge in [-0.25, -0.2) is 4.39 Å². The van der Waals surface area contributed by atoms with Crippen molar-refractivity contribution in [3.63, 3.8) is 0 Å². The van der Waals surface area contributed by atoms with E-state index in [0.717, 1.165) is 13.1 Å². The number of hydrogen-bond donors (Lipinski definition) is 1. The van der Waals surface area contributed by atoms with E-state index in [1.807, 2.05) is 0 Å². The van der Waals surface area contributed by atoms with E-state index in [2.05, 4.69) is 33.0 Å². The number of halogens is 2. The predicted octanol–water partition coefficient (Wildman–Crippen LogP) is 4.13. The minimum atomic E-state index is -0.352. The highest BCUT2D eigenvalue weighted by Gasteiger charge is 2.19. The van der Waals surface area contributed by atoms with Gasteiger partial charge in [0, 0.05) is 12.0 Å². The summed E-state index contributed by atoms with van der Waals surface area (Å²) in [6.07, 6.45) is 0.